The van der Waals surface area contributed by atoms with E-state index < -0.39 is 0 Å². The first-order valence-corrected chi connectivity index (χ1v) is 21.4. The monoisotopic (exact) mass is 780 g/mol. The topological polar surface area (TPSA) is 46.5 Å². The second-order valence-electron chi connectivity index (χ2n) is 17.8. The number of rotatable bonds is 3. The van der Waals surface area contributed by atoms with Gasteiger partial charge < -0.3 is 9.13 Å². The zero-order chi connectivity index (χ0) is 40.6. The van der Waals surface area contributed by atoms with Crippen molar-refractivity contribution in [2.24, 2.45) is 5.92 Å². The van der Waals surface area contributed by atoms with E-state index in [9.17, 15) is 5.26 Å². The minimum Gasteiger partial charge on any atom is -0.319 e. The number of hydrogen-bond acceptors (Lipinski definition) is 2. The van der Waals surface area contributed by atoms with Crippen LogP contribution >= 0.6 is 0 Å². The minimum atomic E-state index is -0.119. The summed E-state index contributed by atoms with van der Waals surface area (Å²) in [5.74, 6) is 1.55. The van der Waals surface area contributed by atoms with Crippen LogP contribution in [-0.4, -0.2) is 14.1 Å². The maximum absolute atomic E-state index is 9.78. The number of nitriles is 1. The van der Waals surface area contributed by atoms with Crippen molar-refractivity contribution in [3.63, 3.8) is 0 Å². The van der Waals surface area contributed by atoms with Gasteiger partial charge in [-0.15, -0.1) is 0 Å². The van der Waals surface area contributed by atoms with Gasteiger partial charge in [0.25, 0.3) is 0 Å². The zero-order valence-electron chi connectivity index (χ0n) is 34.0. The van der Waals surface area contributed by atoms with Gasteiger partial charge >= 0.3 is 0 Å². The number of benzene rings is 8. The summed E-state index contributed by atoms with van der Waals surface area (Å²) in [5, 5.41) is 17.3. The fraction of sp³-hybridized carbons (Fsp3) is 0.123. The van der Waals surface area contributed by atoms with E-state index in [0.29, 0.717) is 0 Å². The van der Waals surface area contributed by atoms with E-state index in [2.05, 4.69) is 199 Å². The summed E-state index contributed by atoms with van der Waals surface area (Å²) >= 11 is 0. The molecule has 0 saturated carbocycles. The normalized spacial score (nSPS) is 18.6. The molecule has 288 valence electrons. The van der Waals surface area contributed by atoms with Crippen molar-refractivity contribution in [3.05, 3.63) is 198 Å². The molecule has 10 aromatic rings. The van der Waals surface area contributed by atoms with Crippen LogP contribution in [-0.2, 0) is 11.8 Å². The molecule has 0 N–H and O–H groups in total. The third-order valence-corrected chi connectivity index (χ3v) is 14.4. The standard InChI is InChI=1S/C57H40N4/c1-57(2)47-29-34(33-58)23-26-39(47)40-27-24-36(30-48(40)57)54-43-16-5-7-18-45(43)55(46-19-8-6-17-44(46)54)37-25-28-42-41-15-9-11-21-50(41)60(52(42)31-37)53-32-35-13-3-4-14-38(35)56-59-49-20-10-12-22-51(49)61(53)56/h3-31,39,47,53H,32H2,1-2H3. The van der Waals surface area contributed by atoms with E-state index in [-0.39, 0.29) is 23.4 Å². The maximum Gasteiger partial charge on any atom is 0.143 e. The van der Waals surface area contributed by atoms with Gasteiger partial charge in [-0.1, -0.05) is 159 Å². The Morgan fingerprint density at radius 1 is 0.607 bits per heavy atom. The predicted octanol–water partition coefficient (Wildman–Crippen LogP) is 14.1. The van der Waals surface area contributed by atoms with Gasteiger partial charge in [0.1, 0.15) is 12.0 Å². The Kier molecular flexibility index (Phi) is 7.06. The van der Waals surface area contributed by atoms with Gasteiger partial charge in [-0.2, -0.15) is 5.26 Å². The summed E-state index contributed by atoms with van der Waals surface area (Å²) in [4.78, 5) is 5.27. The van der Waals surface area contributed by atoms with E-state index in [1.54, 1.807) is 0 Å². The minimum absolute atomic E-state index is 0.0174. The Morgan fingerprint density at radius 2 is 1.21 bits per heavy atom. The molecule has 4 heteroatoms. The van der Waals surface area contributed by atoms with Crippen LogP contribution < -0.4 is 0 Å². The van der Waals surface area contributed by atoms with Crippen molar-refractivity contribution in [1.29, 1.82) is 5.26 Å². The van der Waals surface area contributed by atoms with Crippen molar-refractivity contribution < 1.29 is 0 Å². The third kappa shape index (κ3) is 4.72. The van der Waals surface area contributed by atoms with Gasteiger partial charge in [-0.05, 0) is 102 Å². The smallest absolute Gasteiger partial charge is 0.143 e. The molecular weight excluding hydrogens is 741 g/mol. The summed E-state index contributed by atoms with van der Waals surface area (Å²) in [7, 11) is 0. The molecule has 13 rings (SSSR count). The molecule has 3 heterocycles. The first-order chi connectivity index (χ1) is 30.0. The van der Waals surface area contributed by atoms with E-state index in [0.717, 1.165) is 28.9 Å². The average Bonchev–Trinajstić information content (AvgIpc) is 3.93. The number of nitrogens with zero attached hydrogens (tertiary/aromatic N) is 4. The van der Waals surface area contributed by atoms with Crippen LogP contribution in [0.15, 0.2) is 182 Å². The van der Waals surface area contributed by atoms with Gasteiger partial charge in [-0.3, -0.25) is 0 Å². The summed E-state index contributed by atoms with van der Waals surface area (Å²) in [6.07, 6.45) is 7.28. The number of fused-ring (bicyclic) bond motifs is 13. The Hall–Kier alpha value is -7.48. The molecule has 0 fully saturated rings. The fourth-order valence-electron chi connectivity index (χ4n) is 11.6. The Morgan fingerprint density at radius 3 is 1.95 bits per heavy atom. The number of para-hydroxylation sites is 3. The molecule has 0 radical (unpaired) electrons. The molecule has 0 bridgehead atoms. The SMILES string of the molecule is CC1(C)c2cc(-c3c4ccccc4c(-c4ccc5c6ccccc6n(C6Cc7ccccc7-c7nc8ccccc8n76)c5c4)c4ccccc34)ccc2C2C=CC(C#N)=CC21. The first kappa shape index (κ1) is 34.4. The van der Waals surface area contributed by atoms with Gasteiger partial charge in [0.15, 0.2) is 0 Å². The van der Waals surface area contributed by atoms with Crippen LogP contribution in [0.1, 0.15) is 42.6 Å². The molecule has 2 aromatic heterocycles. The third-order valence-electron chi connectivity index (χ3n) is 14.4. The molecule has 3 aliphatic rings. The molecule has 8 aromatic carbocycles. The molecule has 0 spiro atoms. The van der Waals surface area contributed by atoms with Crippen LogP contribution in [0.25, 0.3) is 88.0 Å². The van der Waals surface area contributed by atoms with Crippen LogP contribution in [0.3, 0.4) is 0 Å². The lowest BCUT2D eigenvalue weighted by molar-refractivity contribution is 0.393. The predicted molar refractivity (Wildman–Crippen MR) is 251 cm³/mol. The van der Waals surface area contributed by atoms with Gasteiger partial charge in [-0.25, -0.2) is 4.98 Å². The average molecular weight is 781 g/mol. The lowest BCUT2D eigenvalue weighted by Gasteiger charge is -2.30. The maximum atomic E-state index is 9.78. The number of hydrogen-bond donors (Lipinski definition) is 0. The van der Waals surface area contributed by atoms with Crippen molar-refractivity contribution >= 4 is 54.4 Å². The Labute approximate surface area is 354 Å². The second-order valence-corrected chi connectivity index (χ2v) is 17.8. The second kappa shape index (κ2) is 12.5. The van der Waals surface area contributed by atoms with Crippen molar-refractivity contribution in [2.75, 3.05) is 0 Å². The molecule has 3 atom stereocenters. The molecule has 4 nitrogen and oxygen atoms in total. The van der Waals surface area contributed by atoms with E-state index in [4.69, 9.17) is 4.98 Å². The van der Waals surface area contributed by atoms with E-state index in [1.165, 1.54) is 87.9 Å². The number of imidazole rings is 1. The highest BCUT2D eigenvalue weighted by atomic mass is 15.3. The molecular formula is C57H40N4. The number of allylic oxidation sites excluding steroid dienone is 4. The number of aromatic nitrogens is 3. The molecule has 2 aliphatic carbocycles. The Bertz CT molecular complexity index is 3580. The summed E-state index contributed by atoms with van der Waals surface area (Å²) in [6, 6.07) is 61.0. The van der Waals surface area contributed by atoms with Gasteiger partial charge in [0.05, 0.1) is 28.1 Å². The van der Waals surface area contributed by atoms with Crippen molar-refractivity contribution in [1.82, 2.24) is 14.1 Å². The summed E-state index contributed by atoms with van der Waals surface area (Å²) in [6.45, 7) is 4.70. The van der Waals surface area contributed by atoms with E-state index in [1.807, 2.05) is 6.08 Å². The summed E-state index contributed by atoms with van der Waals surface area (Å²) < 4.78 is 5.08. The van der Waals surface area contributed by atoms with Crippen molar-refractivity contribution in [2.45, 2.75) is 37.8 Å². The molecule has 61 heavy (non-hydrogen) atoms. The quantitative estimate of drug-likeness (QED) is 0.168. The highest BCUT2D eigenvalue weighted by Crippen LogP contribution is 2.55. The van der Waals surface area contributed by atoms with E-state index >= 15 is 0 Å². The highest BCUT2D eigenvalue weighted by Gasteiger charge is 2.45. The molecule has 1 aliphatic heterocycles. The fourth-order valence-corrected chi connectivity index (χ4v) is 11.6. The molecule has 0 saturated heterocycles. The Balaban J connectivity index is 1.05. The molecule has 0 amide bonds. The largest absolute Gasteiger partial charge is 0.319 e. The van der Waals surface area contributed by atoms with Crippen molar-refractivity contribution in [3.8, 4) is 39.7 Å². The van der Waals surface area contributed by atoms with Crippen LogP contribution in [0.4, 0.5) is 0 Å². The highest BCUT2D eigenvalue weighted by molar-refractivity contribution is 6.22. The first-order valence-electron chi connectivity index (χ1n) is 21.4. The lowest BCUT2D eigenvalue weighted by Crippen LogP contribution is -2.25. The van der Waals surface area contributed by atoms with Crippen LogP contribution in [0.5, 0.6) is 0 Å². The summed E-state index contributed by atoms with van der Waals surface area (Å²) in [5.41, 5.74) is 15.5. The lowest BCUT2D eigenvalue weighted by atomic mass is 9.73. The van der Waals surface area contributed by atoms with Gasteiger partial charge in [0.2, 0.25) is 0 Å². The van der Waals surface area contributed by atoms with Gasteiger partial charge in [0, 0.05) is 34.2 Å². The molecule has 3 unspecified atom stereocenters. The zero-order valence-corrected chi connectivity index (χ0v) is 34.0. The van der Waals surface area contributed by atoms with Crippen LogP contribution in [0.2, 0.25) is 0 Å². The van der Waals surface area contributed by atoms with Crippen LogP contribution in [0, 0.1) is 17.2 Å².